The molecule has 1 spiro atoms. The molecule has 0 saturated heterocycles. The molecule has 3 aliphatic rings. The molecule has 8 aromatic rings. The normalized spacial score (nSPS) is 16.7. The second-order valence-corrected chi connectivity index (χ2v) is 14.9. The van der Waals surface area contributed by atoms with Gasteiger partial charge in [0.05, 0.1) is 5.41 Å². The molecule has 0 bridgehead atoms. The van der Waals surface area contributed by atoms with Crippen LogP contribution in [0.15, 0.2) is 176 Å². The maximum absolute atomic E-state index is 6.90. The predicted octanol–water partition coefficient (Wildman–Crippen LogP) is 13.1. The molecule has 0 amide bonds. The van der Waals surface area contributed by atoms with Gasteiger partial charge in [-0.25, -0.2) is 0 Å². The average molecular weight is 666 g/mol. The van der Waals surface area contributed by atoms with Crippen molar-refractivity contribution in [2.45, 2.75) is 24.7 Å². The lowest BCUT2D eigenvalue weighted by Crippen LogP contribution is -2.32. The van der Waals surface area contributed by atoms with Crippen LogP contribution in [0.25, 0.3) is 33.0 Å². The summed E-state index contributed by atoms with van der Waals surface area (Å²) < 4.78 is 6.90. The first-order valence-corrected chi connectivity index (χ1v) is 18.2. The second kappa shape index (κ2) is 10.6. The van der Waals surface area contributed by atoms with Crippen LogP contribution in [0.5, 0.6) is 11.5 Å². The number of anilines is 3. The lowest BCUT2D eigenvalue weighted by molar-refractivity contribution is 0.441. The highest BCUT2D eigenvalue weighted by Crippen LogP contribution is 2.63. The third kappa shape index (κ3) is 3.79. The molecule has 0 saturated carbocycles. The Morgan fingerprint density at radius 3 is 1.77 bits per heavy atom. The highest BCUT2D eigenvalue weighted by Gasteiger charge is 2.51. The van der Waals surface area contributed by atoms with E-state index in [0.29, 0.717) is 0 Å². The van der Waals surface area contributed by atoms with Gasteiger partial charge in [0.15, 0.2) is 0 Å². The summed E-state index contributed by atoms with van der Waals surface area (Å²) in [6, 6.07) is 64.6. The van der Waals surface area contributed by atoms with Crippen LogP contribution < -0.4 is 9.64 Å². The van der Waals surface area contributed by atoms with Gasteiger partial charge >= 0.3 is 0 Å². The third-order valence-corrected chi connectivity index (χ3v) is 11.9. The van der Waals surface area contributed by atoms with Gasteiger partial charge in [-0.05, 0) is 92.4 Å². The Labute approximate surface area is 304 Å². The van der Waals surface area contributed by atoms with Gasteiger partial charge in [0.1, 0.15) is 11.5 Å². The zero-order valence-corrected chi connectivity index (χ0v) is 29.1. The number of hydrogen-bond acceptors (Lipinski definition) is 2. The van der Waals surface area contributed by atoms with Crippen LogP contribution in [0.3, 0.4) is 0 Å². The van der Waals surface area contributed by atoms with Gasteiger partial charge in [0.25, 0.3) is 0 Å². The number of hydrogen-bond donors (Lipinski definition) is 0. The zero-order chi connectivity index (χ0) is 34.6. The Bertz CT molecular complexity index is 2760. The molecule has 2 aliphatic carbocycles. The van der Waals surface area contributed by atoms with E-state index in [0.717, 1.165) is 33.9 Å². The quantitative estimate of drug-likeness (QED) is 0.186. The van der Waals surface area contributed by atoms with E-state index in [2.05, 4.69) is 195 Å². The van der Waals surface area contributed by atoms with E-state index in [1.807, 2.05) is 0 Å². The van der Waals surface area contributed by atoms with Gasteiger partial charge in [-0.2, -0.15) is 0 Å². The Morgan fingerprint density at radius 2 is 0.981 bits per heavy atom. The molecular formula is C50H35NO. The lowest BCUT2D eigenvalue weighted by Gasteiger charge is -2.40. The number of benzene rings is 8. The van der Waals surface area contributed by atoms with Crippen molar-refractivity contribution in [1.29, 1.82) is 0 Å². The van der Waals surface area contributed by atoms with Gasteiger partial charge in [0.2, 0.25) is 0 Å². The molecule has 0 radical (unpaired) electrons. The smallest absolute Gasteiger partial charge is 0.140 e. The summed E-state index contributed by atoms with van der Waals surface area (Å²) in [5.74, 6) is 1.84. The van der Waals surface area contributed by atoms with Crippen LogP contribution in [0.2, 0.25) is 0 Å². The van der Waals surface area contributed by atoms with Crippen LogP contribution in [-0.4, -0.2) is 0 Å². The fourth-order valence-electron chi connectivity index (χ4n) is 9.61. The van der Waals surface area contributed by atoms with E-state index in [4.69, 9.17) is 4.74 Å². The molecule has 1 unspecified atom stereocenters. The molecule has 1 atom stereocenters. The van der Waals surface area contributed by atoms with E-state index in [-0.39, 0.29) is 5.41 Å². The van der Waals surface area contributed by atoms with Gasteiger partial charge in [0, 0.05) is 39.0 Å². The van der Waals surface area contributed by atoms with Crippen LogP contribution in [0.4, 0.5) is 17.1 Å². The highest BCUT2D eigenvalue weighted by atomic mass is 16.5. The van der Waals surface area contributed by atoms with E-state index in [9.17, 15) is 0 Å². The van der Waals surface area contributed by atoms with E-state index in [1.165, 1.54) is 61.0 Å². The topological polar surface area (TPSA) is 12.5 Å². The molecule has 52 heavy (non-hydrogen) atoms. The van der Waals surface area contributed by atoms with Crippen LogP contribution in [0, 0.1) is 0 Å². The molecule has 8 aromatic carbocycles. The van der Waals surface area contributed by atoms with Crippen molar-refractivity contribution in [1.82, 2.24) is 0 Å². The van der Waals surface area contributed by atoms with Crippen molar-refractivity contribution < 1.29 is 4.74 Å². The van der Waals surface area contributed by atoms with Crippen LogP contribution >= 0.6 is 0 Å². The number of rotatable bonds is 3. The molecule has 0 fully saturated rings. The molecule has 1 heterocycles. The Morgan fingerprint density at radius 1 is 0.404 bits per heavy atom. The van der Waals surface area contributed by atoms with Gasteiger partial charge < -0.3 is 9.64 Å². The zero-order valence-electron chi connectivity index (χ0n) is 29.1. The molecule has 246 valence electrons. The van der Waals surface area contributed by atoms with E-state index >= 15 is 0 Å². The number of fused-ring (bicyclic) bond motifs is 14. The maximum atomic E-state index is 6.90. The van der Waals surface area contributed by atoms with Gasteiger partial charge in [-0.15, -0.1) is 0 Å². The lowest BCUT2D eigenvalue weighted by atomic mass is 9.65. The molecule has 1 aliphatic heterocycles. The van der Waals surface area contributed by atoms with E-state index in [1.54, 1.807) is 0 Å². The minimum atomic E-state index is -0.569. The molecule has 0 aromatic heterocycles. The number of nitrogens with zero attached hydrogens (tertiary/aromatic N) is 1. The van der Waals surface area contributed by atoms with Crippen LogP contribution in [-0.2, 0) is 10.8 Å². The number of para-hydroxylation sites is 2. The minimum absolute atomic E-state index is 0.105. The summed E-state index contributed by atoms with van der Waals surface area (Å²) in [5, 5.41) is 2.30. The number of ether oxygens (including phenoxy) is 1. The van der Waals surface area contributed by atoms with Crippen molar-refractivity contribution in [3.05, 3.63) is 209 Å². The monoisotopic (exact) mass is 665 g/mol. The second-order valence-electron chi connectivity index (χ2n) is 14.9. The fraction of sp³-hybridized carbons (Fsp3) is 0.0800. The van der Waals surface area contributed by atoms with Crippen molar-refractivity contribution >= 4 is 27.8 Å². The van der Waals surface area contributed by atoms with Crippen LogP contribution in [0.1, 0.15) is 47.2 Å². The minimum Gasteiger partial charge on any atom is -0.456 e. The standard InChI is InChI=1S/C50H35NO/c1-49(2)41-20-10-8-18-37(41)39-27-25-34(30-45(39)49)51(33-15-4-3-5-16-33)35-26-28-40-38-19-9-11-21-42(38)50(46(40)31-35)43-22-12-13-23-47(43)52-48-36-17-7-6-14-32(36)24-29-44(48)50/h3-31H,1-2H3. The molecule has 11 rings (SSSR count). The Hall–Kier alpha value is -6.38. The fourth-order valence-corrected chi connectivity index (χ4v) is 9.61. The molecule has 2 heteroatoms. The van der Waals surface area contributed by atoms with Crippen molar-refractivity contribution in [3.63, 3.8) is 0 Å². The van der Waals surface area contributed by atoms with Gasteiger partial charge in [-0.1, -0.05) is 147 Å². The SMILES string of the molecule is CC1(C)c2ccccc2-c2ccc(N(c3ccccc3)c3ccc4c(c3)C3(c5ccccc5Oc5c3ccc3ccccc53)c3ccccc3-4)cc21. The molecular weight excluding hydrogens is 631 g/mol. The Balaban J connectivity index is 1.19. The maximum Gasteiger partial charge on any atom is 0.140 e. The Kier molecular flexibility index (Phi) is 5.97. The largest absolute Gasteiger partial charge is 0.456 e. The summed E-state index contributed by atoms with van der Waals surface area (Å²) in [6.07, 6.45) is 0. The average Bonchev–Trinajstić information content (AvgIpc) is 3.61. The third-order valence-electron chi connectivity index (χ3n) is 11.9. The molecule has 2 nitrogen and oxygen atoms in total. The summed E-state index contributed by atoms with van der Waals surface area (Å²) >= 11 is 0. The first-order valence-electron chi connectivity index (χ1n) is 18.2. The molecule has 0 N–H and O–H groups in total. The van der Waals surface area contributed by atoms with Crippen molar-refractivity contribution in [3.8, 4) is 33.8 Å². The first kappa shape index (κ1) is 29.4. The summed E-state index contributed by atoms with van der Waals surface area (Å²) in [5.41, 5.74) is 15.6. The summed E-state index contributed by atoms with van der Waals surface area (Å²) in [7, 11) is 0. The van der Waals surface area contributed by atoms with Gasteiger partial charge in [-0.3, -0.25) is 0 Å². The predicted molar refractivity (Wildman–Crippen MR) is 214 cm³/mol. The highest BCUT2D eigenvalue weighted by molar-refractivity contribution is 5.97. The van der Waals surface area contributed by atoms with Crippen molar-refractivity contribution in [2.75, 3.05) is 4.90 Å². The summed E-state index contributed by atoms with van der Waals surface area (Å²) in [4.78, 5) is 2.43. The van der Waals surface area contributed by atoms with E-state index < -0.39 is 5.41 Å². The van der Waals surface area contributed by atoms with Crippen molar-refractivity contribution in [2.24, 2.45) is 0 Å². The first-order chi connectivity index (χ1) is 25.5. The summed E-state index contributed by atoms with van der Waals surface area (Å²) in [6.45, 7) is 4.71.